The second-order valence-corrected chi connectivity index (χ2v) is 6.39. The lowest BCUT2D eigenvalue weighted by molar-refractivity contribution is 0.128. The predicted molar refractivity (Wildman–Crippen MR) is 75.3 cm³/mol. The standard InChI is InChI=1S/C16H31N/c1-2-3-4-5-7-15-10-12-17(13-11-15)14-16-8-6-9-16/h15-16H,2-14H2,1H3. The molecule has 2 fully saturated rings. The first kappa shape index (κ1) is 13.4. The van der Waals surface area contributed by atoms with Crippen LogP contribution in [-0.4, -0.2) is 24.5 Å². The van der Waals surface area contributed by atoms with Crippen LogP contribution in [0.25, 0.3) is 0 Å². The van der Waals surface area contributed by atoms with Crippen molar-refractivity contribution in [3.05, 3.63) is 0 Å². The molecule has 0 atom stereocenters. The van der Waals surface area contributed by atoms with Crippen LogP contribution in [0.1, 0.15) is 71.1 Å². The van der Waals surface area contributed by atoms with Gasteiger partial charge in [0.1, 0.15) is 0 Å². The van der Waals surface area contributed by atoms with Crippen molar-refractivity contribution in [3.63, 3.8) is 0 Å². The number of unbranched alkanes of at least 4 members (excludes halogenated alkanes) is 3. The second-order valence-electron chi connectivity index (χ2n) is 6.39. The van der Waals surface area contributed by atoms with Crippen molar-refractivity contribution < 1.29 is 0 Å². The average molecular weight is 237 g/mol. The van der Waals surface area contributed by atoms with E-state index in [1.165, 1.54) is 83.8 Å². The fraction of sp³-hybridized carbons (Fsp3) is 1.00. The predicted octanol–water partition coefficient (Wildman–Crippen LogP) is 4.47. The summed E-state index contributed by atoms with van der Waals surface area (Å²) in [6.45, 7) is 6.52. The second kappa shape index (κ2) is 7.41. The Balaban J connectivity index is 1.51. The third kappa shape index (κ3) is 4.62. The Morgan fingerprint density at radius 1 is 0.882 bits per heavy atom. The highest BCUT2D eigenvalue weighted by atomic mass is 15.1. The van der Waals surface area contributed by atoms with Crippen molar-refractivity contribution in [3.8, 4) is 0 Å². The van der Waals surface area contributed by atoms with Crippen LogP contribution in [0.3, 0.4) is 0 Å². The number of hydrogen-bond acceptors (Lipinski definition) is 1. The molecule has 0 N–H and O–H groups in total. The minimum Gasteiger partial charge on any atom is -0.303 e. The Hall–Kier alpha value is -0.0400. The lowest BCUT2D eigenvalue weighted by Crippen LogP contribution is -2.38. The van der Waals surface area contributed by atoms with E-state index in [0.717, 1.165) is 11.8 Å². The van der Waals surface area contributed by atoms with Crippen molar-refractivity contribution in [1.29, 1.82) is 0 Å². The van der Waals surface area contributed by atoms with E-state index in [0.29, 0.717) is 0 Å². The summed E-state index contributed by atoms with van der Waals surface area (Å²) in [4.78, 5) is 2.74. The molecule has 2 aliphatic rings. The van der Waals surface area contributed by atoms with Crippen LogP contribution >= 0.6 is 0 Å². The molecule has 1 aliphatic heterocycles. The van der Waals surface area contributed by atoms with Crippen molar-refractivity contribution >= 4 is 0 Å². The molecule has 0 aromatic heterocycles. The molecule has 1 nitrogen and oxygen atoms in total. The minimum atomic E-state index is 1.06. The molecule has 0 aromatic carbocycles. The maximum absolute atomic E-state index is 2.74. The third-order valence-corrected chi connectivity index (χ3v) is 4.91. The van der Waals surface area contributed by atoms with E-state index in [9.17, 15) is 0 Å². The Morgan fingerprint density at radius 2 is 1.65 bits per heavy atom. The molecule has 1 saturated heterocycles. The van der Waals surface area contributed by atoms with Gasteiger partial charge in [0.05, 0.1) is 0 Å². The van der Waals surface area contributed by atoms with E-state index in [1.807, 2.05) is 0 Å². The summed E-state index contributed by atoms with van der Waals surface area (Å²) < 4.78 is 0. The van der Waals surface area contributed by atoms with Crippen LogP contribution in [0, 0.1) is 11.8 Å². The van der Waals surface area contributed by atoms with Crippen molar-refractivity contribution in [2.75, 3.05) is 19.6 Å². The molecule has 0 amide bonds. The highest BCUT2D eigenvalue weighted by Gasteiger charge is 2.24. The summed E-state index contributed by atoms with van der Waals surface area (Å²) in [5.41, 5.74) is 0. The highest BCUT2D eigenvalue weighted by molar-refractivity contribution is 4.78. The van der Waals surface area contributed by atoms with E-state index in [-0.39, 0.29) is 0 Å². The Bertz CT molecular complexity index is 190. The van der Waals surface area contributed by atoms with Crippen LogP contribution < -0.4 is 0 Å². The lowest BCUT2D eigenvalue weighted by Gasteiger charge is -2.37. The summed E-state index contributed by atoms with van der Waals surface area (Å²) in [7, 11) is 0. The normalized spacial score (nSPS) is 23.8. The van der Waals surface area contributed by atoms with Crippen LogP contribution in [0.4, 0.5) is 0 Å². The van der Waals surface area contributed by atoms with Gasteiger partial charge in [-0.15, -0.1) is 0 Å². The largest absolute Gasteiger partial charge is 0.303 e. The molecule has 1 heteroatoms. The SMILES string of the molecule is CCCCCCC1CCN(CC2CCC2)CC1. The van der Waals surface area contributed by atoms with Gasteiger partial charge in [-0.25, -0.2) is 0 Å². The van der Waals surface area contributed by atoms with Gasteiger partial charge in [-0.2, -0.15) is 0 Å². The summed E-state index contributed by atoms with van der Waals surface area (Å²) in [6.07, 6.45) is 14.8. The van der Waals surface area contributed by atoms with Gasteiger partial charge < -0.3 is 4.90 Å². The Labute approximate surface area is 108 Å². The monoisotopic (exact) mass is 237 g/mol. The molecule has 17 heavy (non-hydrogen) atoms. The van der Waals surface area contributed by atoms with Gasteiger partial charge in [0.15, 0.2) is 0 Å². The van der Waals surface area contributed by atoms with E-state index in [1.54, 1.807) is 0 Å². The smallest absolute Gasteiger partial charge is 0.000966 e. The first-order chi connectivity index (χ1) is 8.38. The van der Waals surface area contributed by atoms with Gasteiger partial charge in [-0.3, -0.25) is 0 Å². The molecule has 0 aromatic rings. The molecule has 0 unspecified atom stereocenters. The van der Waals surface area contributed by atoms with Gasteiger partial charge in [-0.05, 0) is 50.6 Å². The van der Waals surface area contributed by atoms with Crippen LogP contribution in [0.2, 0.25) is 0 Å². The van der Waals surface area contributed by atoms with Gasteiger partial charge in [0.2, 0.25) is 0 Å². The zero-order valence-electron chi connectivity index (χ0n) is 11.8. The van der Waals surface area contributed by atoms with E-state index in [2.05, 4.69) is 11.8 Å². The molecule has 1 heterocycles. The molecule has 2 rings (SSSR count). The number of rotatable bonds is 7. The highest BCUT2D eigenvalue weighted by Crippen LogP contribution is 2.29. The quantitative estimate of drug-likeness (QED) is 0.591. The van der Waals surface area contributed by atoms with E-state index < -0.39 is 0 Å². The topological polar surface area (TPSA) is 3.24 Å². The first-order valence-corrected chi connectivity index (χ1v) is 8.11. The molecule has 0 bridgehead atoms. The summed E-state index contributed by atoms with van der Waals surface area (Å²) in [5.74, 6) is 2.13. The maximum Gasteiger partial charge on any atom is 0.000966 e. The molecule has 0 spiro atoms. The zero-order valence-corrected chi connectivity index (χ0v) is 11.8. The number of hydrogen-bond donors (Lipinski definition) is 0. The van der Waals surface area contributed by atoms with Gasteiger partial charge in [0.25, 0.3) is 0 Å². The third-order valence-electron chi connectivity index (χ3n) is 4.91. The van der Waals surface area contributed by atoms with Crippen LogP contribution in [0.15, 0.2) is 0 Å². The lowest BCUT2D eigenvalue weighted by atomic mass is 9.84. The molecule has 1 aliphatic carbocycles. The van der Waals surface area contributed by atoms with Crippen molar-refractivity contribution in [2.45, 2.75) is 71.1 Å². The fourth-order valence-electron chi connectivity index (χ4n) is 3.36. The first-order valence-electron chi connectivity index (χ1n) is 8.11. The minimum absolute atomic E-state index is 1.06. The van der Waals surface area contributed by atoms with Crippen LogP contribution in [0.5, 0.6) is 0 Å². The van der Waals surface area contributed by atoms with Crippen LogP contribution in [-0.2, 0) is 0 Å². The maximum atomic E-state index is 2.74. The van der Waals surface area contributed by atoms with Gasteiger partial charge in [-0.1, -0.05) is 45.4 Å². The molecule has 0 radical (unpaired) electrons. The summed E-state index contributed by atoms with van der Waals surface area (Å²) in [5, 5.41) is 0. The molecule has 1 saturated carbocycles. The van der Waals surface area contributed by atoms with E-state index >= 15 is 0 Å². The Kier molecular flexibility index (Phi) is 5.84. The fourth-order valence-corrected chi connectivity index (χ4v) is 3.36. The molecular weight excluding hydrogens is 206 g/mol. The van der Waals surface area contributed by atoms with Crippen molar-refractivity contribution in [1.82, 2.24) is 4.90 Å². The number of likely N-dealkylation sites (tertiary alicyclic amines) is 1. The number of piperidine rings is 1. The average Bonchev–Trinajstić information content (AvgIpc) is 2.31. The summed E-state index contributed by atoms with van der Waals surface area (Å²) in [6, 6.07) is 0. The summed E-state index contributed by atoms with van der Waals surface area (Å²) >= 11 is 0. The zero-order chi connectivity index (χ0) is 11.9. The molecule has 100 valence electrons. The van der Waals surface area contributed by atoms with Crippen molar-refractivity contribution in [2.24, 2.45) is 11.8 Å². The molecular formula is C16H31N. The van der Waals surface area contributed by atoms with Gasteiger partial charge >= 0.3 is 0 Å². The number of nitrogens with zero attached hydrogens (tertiary/aromatic N) is 1. The van der Waals surface area contributed by atoms with E-state index in [4.69, 9.17) is 0 Å². The van der Waals surface area contributed by atoms with Gasteiger partial charge in [0, 0.05) is 6.54 Å². The Morgan fingerprint density at radius 3 is 2.24 bits per heavy atom.